The Hall–Kier alpha value is -1.80. The normalized spacial score (nSPS) is 12.2. The van der Waals surface area contributed by atoms with Crippen LogP contribution in [0.25, 0.3) is 0 Å². The Balaban J connectivity index is 2.79. The van der Waals surface area contributed by atoms with Gasteiger partial charge in [0.15, 0.2) is 0 Å². The van der Waals surface area contributed by atoms with Crippen LogP contribution in [0.3, 0.4) is 0 Å². The van der Waals surface area contributed by atoms with Gasteiger partial charge in [-0.25, -0.2) is 4.79 Å². The predicted molar refractivity (Wildman–Crippen MR) is 83.7 cm³/mol. The van der Waals surface area contributed by atoms with Crippen molar-refractivity contribution >= 4 is 39.2 Å². The van der Waals surface area contributed by atoms with Gasteiger partial charge in [0.25, 0.3) is 0 Å². The van der Waals surface area contributed by atoms with Gasteiger partial charge in [0.2, 0.25) is 0 Å². The lowest BCUT2D eigenvalue weighted by atomic mass is 10.1. The van der Waals surface area contributed by atoms with Crippen molar-refractivity contribution in [3.63, 3.8) is 0 Å². The van der Waals surface area contributed by atoms with Crippen LogP contribution < -0.4 is 11.1 Å². The van der Waals surface area contributed by atoms with Gasteiger partial charge in [-0.15, -0.1) is 0 Å². The molecule has 0 spiro atoms. The van der Waals surface area contributed by atoms with Crippen LogP contribution in [-0.4, -0.2) is 53.2 Å². The third-order valence-electron chi connectivity index (χ3n) is 2.75. The average molecular weight is 360 g/mol. The molecule has 0 saturated heterocycles. The Bertz CT molecular complexity index is 527. The van der Waals surface area contributed by atoms with Crippen LogP contribution in [-0.2, 0) is 4.79 Å². The van der Waals surface area contributed by atoms with Crippen molar-refractivity contribution in [2.24, 2.45) is 0 Å². The molecule has 0 aliphatic heterocycles. The fourth-order valence-electron chi connectivity index (χ4n) is 1.96. The Labute approximate surface area is 130 Å². The molecular weight excluding hydrogens is 342 g/mol. The smallest absolute Gasteiger partial charge is 0.335 e. The maximum atomic E-state index is 10.9. The van der Waals surface area contributed by atoms with Crippen LogP contribution in [0.15, 0.2) is 16.6 Å². The fourth-order valence-corrected chi connectivity index (χ4v) is 2.55. The Morgan fingerprint density at radius 1 is 1.43 bits per heavy atom. The molecule has 7 nitrogen and oxygen atoms in total. The van der Waals surface area contributed by atoms with Gasteiger partial charge in [0, 0.05) is 17.1 Å². The Morgan fingerprint density at radius 3 is 2.52 bits per heavy atom. The number of carboxylic acid groups (broad SMARTS) is 2. The molecule has 5 N–H and O–H groups in total. The van der Waals surface area contributed by atoms with Crippen molar-refractivity contribution in [3.8, 4) is 0 Å². The number of nitrogens with one attached hydrogen (secondary N) is 1. The summed E-state index contributed by atoms with van der Waals surface area (Å²) < 4.78 is 0.549. The number of hydrogen-bond acceptors (Lipinski definition) is 5. The first-order valence-corrected chi connectivity index (χ1v) is 6.99. The fraction of sp³-hybridized carbons (Fsp3) is 0.385. The molecule has 0 saturated carbocycles. The van der Waals surface area contributed by atoms with Gasteiger partial charge in [-0.05, 0) is 42.0 Å². The van der Waals surface area contributed by atoms with Crippen LogP contribution in [0, 0.1) is 0 Å². The van der Waals surface area contributed by atoms with E-state index in [9.17, 15) is 9.59 Å². The molecule has 0 heterocycles. The second kappa shape index (κ2) is 7.28. The van der Waals surface area contributed by atoms with Crippen molar-refractivity contribution in [2.45, 2.75) is 13.0 Å². The van der Waals surface area contributed by atoms with Gasteiger partial charge in [0.1, 0.15) is 0 Å². The number of aliphatic carboxylic acids is 1. The minimum absolute atomic E-state index is 0.0549. The van der Waals surface area contributed by atoms with Gasteiger partial charge in [-0.3, -0.25) is 9.69 Å². The second-order valence-corrected chi connectivity index (χ2v) is 5.72. The summed E-state index contributed by atoms with van der Waals surface area (Å²) in [6, 6.07) is 2.78. The summed E-state index contributed by atoms with van der Waals surface area (Å²) in [6.07, 6.45) is 0. The zero-order valence-corrected chi connectivity index (χ0v) is 13.3. The van der Waals surface area contributed by atoms with Crippen molar-refractivity contribution in [3.05, 3.63) is 22.2 Å². The number of nitrogens with zero attached hydrogens (tertiary/aromatic N) is 1. The number of nitrogens with two attached hydrogens (primary N) is 1. The van der Waals surface area contributed by atoms with Crippen molar-refractivity contribution in [2.75, 3.05) is 31.2 Å². The molecule has 1 rings (SSSR count). The first kappa shape index (κ1) is 17.3. The number of carboxylic acids is 2. The first-order chi connectivity index (χ1) is 9.70. The molecule has 0 radical (unpaired) electrons. The summed E-state index contributed by atoms with van der Waals surface area (Å²) >= 11 is 3.29. The summed E-state index contributed by atoms with van der Waals surface area (Å²) in [6.45, 7) is 2.33. The predicted octanol–water partition coefficient (Wildman–Crippen LogP) is 1.55. The molecule has 21 heavy (non-hydrogen) atoms. The number of likely N-dealkylation sites (N-methyl/N-ethyl adjacent to an activating group) is 1. The maximum Gasteiger partial charge on any atom is 0.335 e. The molecule has 1 atom stereocenters. The monoisotopic (exact) mass is 359 g/mol. The molecule has 0 amide bonds. The lowest BCUT2D eigenvalue weighted by Gasteiger charge is -2.23. The van der Waals surface area contributed by atoms with E-state index < -0.39 is 11.9 Å². The molecule has 116 valence electrons. The first-order valence-electron chi connectivity index (χ1n) is 6.20. The van der Waals surface area contributed by atoms with Crippen molar-refractivity contribution in [1.29, 1.82) is 0 Å². The highest BCUT2D eigenvalue weighted by Crippen LogP contribution is 2.31. The SMILES string of the molecule is C[C@H](CN(C)CC(=O)O)Nc1c(N)cc(C(=O)O)cc1Br. The standard InChI is InChI=1S/C13H18BrN3O4/c1-7(5-17(2)6-11(18)19)16-12-9(14)3-8(13(20)21)4-10(12)15/h3-4,7,16H,5-6,15H2,1-2H3,(H,18,19)(H,20,21)/t7-/m1/s1. The third kappa shape index (κ3) is 5.24. The van der Waals surface area contributed by atoms with Gasteiger partial charge in [-0.1, -0.05) is 0 Å². The topological polar surface area (TPSA) is 116 Å². The van der Waals surface area contributed by atoms with E-state index in [2.05, 4.69) is 21.2 Å². The minimum atomic E-state index is -1.05. The minimum Gasteiger partial charge on any atom is -0.480 e. The van der Waals surface area contributed by atoms with Crippen LogP contribution in [0.2, 0.25) is 0 Å². The van der Waals surface area contributed by atoms with E-state index in [1.165, 1.54) is 12.1 Å². The number of benzene rings is 1. The summed E-state index contributed by atoms with van der Waals surface area (Å²) in [7, 11) is 1.71. The molecule has 1 aromatic rings. The van der Waals surface area contributed by atoms with Gasteiger partial charge in [-0.2, -0.15) is 0 Å². The number of hydrogen-bond donors (Lipinski definition) is 4. The molecule has 0 unspecified atom stereocenters. The molecule has 0 aromatic heterocycles. The van der Waals surface area contributed by atoms with Gasteiger partial charge < -0.3 is 21.3 Å². The Morgan fingerprint density at radius 2 is 2.05 bits per heavy atom. The van der Waals surface area contributed by atoms with Crippen molar-refractivity contribution in [1.82, 2.24) is 4.90 Å². The lowest BCUT2D eigenvalue weighted by Crippen LogP contribution is -2.35. The van der Waals surface area contributed by atoms with Crippen LogP contribution >= 0.6 is 15.9 Å². The quantitative estimate of drug-likeness (QED) is 0.545. The molecule has 0 bridgehead atoms. The number of halogens is 1. The van der Waals surface area contributed by atoms with E-state index in [4.69, 9.17) is 15.9 Å². The van der Waals surface area contributed by atoms with Crippen molar-refractivity contribution < 1.29 is 19.8 Å². The van der Waals surface area contributed by atoms with Gasteiger partial charge in [0.05, 0.1) is 23.5 Å². The maximum absolute atomic E-state index is 10.9. The highest BCUT2D eigenvalue weighted by atomic mass is 79.9. The molecule has 0 aliphatic rings. The number of aromatic carboxylic acids is 1. The number of nitrogen functional groups attached to an aromatic ring is 1. The highest BCUT2D eigenvalue weighted by molar-refractivity contribution is 9.10. The van der Waals surface area contributed by atoms with Crippen LogP contribution in [0.5, 0.6) is 0 Å². The van der Waals surface area contributed by atoms with E-state index in [0.29, 0.717) is 22.4 Å². The average Bonchev–Trinajstić information content (AvgIpc) is 2.32. The lowest BCUT2D eigenvalue weighted by molar-refractivity contribution is -0.137. The zero-order chi connectivity index (χ0) is 16.2. The van der Waals surface area contributed by atoms with Crippen LogP contribution in [0.1, 0.15) is 17.3 Å². The summed E-state index contributed by atoms with van der Waals surface area (Å²) in [5.41, 5.74) is 6.86. The molecule has 1 aromatic carbocycles. The second-order valence-electron chi connectivity index (χ2n) is 4.86. The molecular formula is C13H18BrN3O4. The van der Waals surface area contributed by atoms with E-state index in [1.807, 2.05) is 6.92 Å². The van der Waals surface area contributed by atoms with E-state index in [-0.39, 0.29) is 18.2 Å². The van der Waals surface area contributed by atoms with E-state index >= 15 is 0 Å². The van der Waals surface area contributed by atoms with E-state index in [1.54, 1.807) is 11.9 Å². The summed E-state index contributed by atoms with van der Waals surface area (Å²) in [5.74, 6) is -1.95. The molecule has 0 aliphatic carbocycles. The highest BCUT2D eigenvalue weighted by Gasteiger charge is 2.15. The third-order valence-corrected chi connectivity index (χ3v) is 3.37. The summed E-state index contributed by atoms with van der Waals surface area (Å²) in [5, 5.41) is 20.8. The number of anilines is 2. The summed E-state index contributed by atoms with van der Waals surface area (Å²) in [4.78, 5) is 23.2. The molecule has 8 heteroatoms. The van der Waals surface area contributed by atoms with Gasteiger partial charge >= 0.3 is 11.9 Å². The molecule has 0 fully saturated rings. The number of carbonyl (C=O) groups is 2. The number of rotatable bonds is 7. The Kier molecular flexibility index (Phi) is 5.98. The largest absolute Gasteiger partial charge is 0.480 e. The van der Waals surface area contributed by atoms with Crippen LogP contribution in [0.4, 0.5) is 11.4 Å². The zero-order valence-electron chi connectivity index (χ0n) is 11.8. The van der Waals surface area contributed by atoms with E-state index in [0.717, 1.165) is 0 Å².